The van der Waals surface area contributed by atoms with E-state index in [-0.39, 0.29) is 10.8 Å². The lowest BCUT2D eigenvalue weighted by Crippen LogP contribution is -2.18. The number of halogens is 2. The summed E-state index contributed by atoms with van der Waals surface area (Å²) in [6.07, 6.45) is -2.45. The van der Waals surface area contributed by atoms with E-state index in [1.165, 1.54) is 5.56 Å². The zero-order chi connectivity index (χ0) is 14.8. The van der Waals surface area contributed by atoms with E-state index < -0.39 is 13.0 Å². The van der Waals surface area contributed by atoms with Crippen molar-refractivity contribution in [2.75, 3.05) is 6.61 Å². The molecular weight excluding hydrogens is 246 g/mol. The molecule has 0 aliphatic carbocycles. The largest absolute Gasteiger partial charge is 0.487 e. The van der Waals surface area contributed by atoms with E-state index >= 15 is 0 Å². The Morgan fingerprint density at radius 1 is 1.00 bits per heavy atom. The fraction of sp³-hybridized carbons (Fsp3) is 0.625. The number of hydrogen-bond donors (Lipinski definition) is 0. The van der Waals surface area contributed by atoms with Crippen molar-refractivity contribution in [3.63, 3.8) is 0 Å². The lowest BCUT2D eigenvalue weighted by molar-refractivity contribution is 0.0809. The van der Waals surface area contributed by atoms with Crippen LogP contribution in [-0.4, -0.2) is 13.0 Å². The van der Waals surface area contributed by atoms with E-state index in [2.05, 4.69) is 47.6 Å². The highest BCUT2D eigenvalue weighted by molar-refractivity contribution is 5.43. The van der Waals surface area contributed by atoms with Gasteiger partial charge in [-0.3, -0.25) is 0 Å². The molecule has 3 heteroatoms. The monoisotopic (exact) mass is 270 g/mol. The number of ether oxygens (including phenoxy) is 1. The Hall–Kier alpha value is -1.12. The summed E-state index contributed by atoms with van der Waals surface area (Å²) in [6.45, 7) is 12.0. The van der Waals surface area contributed by atoms with Gasteiger partial charge in [-0.25, -0.2) is 8.78 Å². The van der Waals surface area contributed by atoms with Crippen LogP contribution < -0.4 is 4.74 Å². The van der Waals surface area contributed by atoms with E-state index in [9.17, 15) is 8.78 Å². The predicted molar refractivity (Wildman–Crippen MR) is 75.3 cm³/mol. The third-order valence-electron chi connectivity index (χ3n) is 3.02. The molecule has 0 amide bonds. The topological polar surface area (TPSA) is 9.23 Å². The van der Waals surface area contributed by atoms with E-state index in [1.807, 2.05) is 12.1 Å². The molecule has 0 N–H and O–H groups in total. The van der Waals surface area contributed by atoms with Gasteiger partial charge in [-0.15, -0.1) is 0 Å². The first-order valence-corrected chi connectivity index (χ1v) is 6.58. The molecular formula is C16H24F2O. The summed E-state index contributed by atoms with van der Waals surface area (Å²) in [7, 11) is 0. The first-order chi connectivity index (χ1) is 8.51. The lowest BCUT2D eigenvalue weighted by atomic mass is 9.80. The van der Waals surface area contributed by atoms with Gasteiger partial charge in [0.2, 0.25) is 0 Å². The van der Waals surface area contributed by atoms with E-state index in [1.54, 1.807) is 0 Å². The van der Waals surface area contributed by atoms with E-state index in [0.717, 1.165) is 5.56 Å². The second-order valence-corrected chi connectivity index (χ2v) is 6.91. The highest BCUT2D eigenvalue weighted by Crippen LogP contribution is 2.35. The molecule has 0 saturated carbocycles. The summed E-state index contributed by atoms with van der Waals surface area (Å²) in [5.74, 6) is 0.556. The highest BCUT2D eigenvalue weighted by atomic mass is 19.3. The molecule has 0 atom stereocenters. The van der Waals surface area contributed by atoms with Crippen LogP contribution in [0.2, 0.25) is 0 Å². The quantitative estimate of drug-likeness (QED) is 0.757. The molecule has 0 radical (unpaired) electrons. The van der Waals surface area contributed by atoms with Gasteiger partial charge in [0.25, 0.3) is 6.43 Å². The molecule has 19 heavy (non-hydrogen) atoms. The van der Waals surface area contributed by atoms with Crippen molar-refractivity contribution >= 4 is 0 Å². The zero-order valence-electron chi connectivity index (χ0n) is 12.7. The Kier molecular flexibility index (Phi) is 4.59. The molecule has 1 rings (SSSR count). The first kappa shape index (κ1) is 15.9. The molecule has 1 nitrogen and oxygen atoms in total. The molecule has 0 bridgehead atoms. The summed E-state index contributed by atoms with van der Waals surface area (Å²) in [5.41, 5.74) is 2.04. The minimum absolute atomic E-state index is 0.0290. The van der Waals surface area contributed by atoms with E-state index in [0.29, 0.717) is 5.75 Å². The van der Waals surface area contributed by atoms with Gasteiger partial charge in [0, 0.05) is 0 Å². The van der Waals surface area contributed by atoms with Gasteiger partial charge < -0.3 is 4.74 Å². The second-order valence-electron chi connectivity index (χ2n) is 6.91. The zero-order valence-corrected chi connectivity index (χ0v) is 12.7. The maximum absolute atomic E-state index is 12.3. The van der Waals surface area contributed by atoms with Gasteiger partial charge >= 0.3 is 0 Å². The van der Waals surface area contributed by atoms with Gasteiger partial charge in [0.05, 0.1) is 0 Å². The Balaban J connectivity index is 3.18. The minimum atomic E-state index is -2.45. The van der Waals surface area contributed by atoms with Crippen molar-refractivity contribution in [3.8, 4) is 5.75 Å². The standard InChI is InChI=1S/C16H24F2O/c1-15(2,3)11-7-8-13(19-10-14(17)18)12(9-11)16(4,5)6/h7-9,14H,10H2,1-6H3. The molecule has 0 spiro atoms. The van der Waals surface area contributed by atoms with Crippen molar-refractivity contribution in [2.45, 2.75) is 58.8 Å². The summed E-state index contributed by atoms with van der Waals surface area (Å²) in [5, 5.41) is 0. The molecule has 0 saturated heterocycles. The van der Waals surface area contributed by atoms with Crippen molar-refractivity contribution in [2.24, 2.45) is 0 Å². The molecule has 0 heterocycles. The predicted octanol–water partition coefficient (Wildman–Crippen LogP) is 4.93. The summed E-state index contributed by atoms with van der Waals surface area (Å²) >= 11 is 0. The van der Waals surface area contributed by atoms with Gasteiger partial charge in [0.1, 0.15) is 12.4 Å². The van der Waals surface area contributed by atoms with Crippen LogP contribution in [0.15, 0.2) is 18.2 Å². The van der Waals surface area contributed by atoms with Crippen LogP contribution in [0, 0.1) is 0 Å². The fourth-order valence-corrected chi connectivity index (χ4v) is 1.86. The molecule has 0 aliphatic heterocycles. The highest BCUT2D eigenvalue weighted by Gasteiger charge is 2.23. The van der Waals surface area contributed by atoms with Crippen LogP contribution in [0.5, 0.6) is 5.75 Å². The molecule has 1 aromatic carbocycles. The average Bonchev–Trinajstić information content (AvgIpc) is 2.23. The molecule has 0 fully saturated rings. The number of alkyl halides is 2. The smallest absolute Gasteiger partial charge is 0.272 e. The second kappa shape index (κ2) is 5.48. The molecule has 108 valence electrons. The van der Waals surface area contributed by atoms with Crippen LogP contribution in [0.3, 0.4) is 0 Å². The third kappa shape index (κ3) is 4.48. The maximum Gasteiger partial charge on any atom is 0.272 e. The van der Waals surface area contributed by atoms with Crippen molar-refractivity contribution in [1.82, 2.24) is 0 Å². The van der Waals surface area contributed by atoms with Crippen LogP contribution in [0.4, 0.5) is 8.78 Å². The molecule has 1 aromatic rings. The molecule has 0 aliphatic rings. The number of hydrogen-bond acceptors (Lipinski definition) is 1. The summed E-state index contributed by atoms with van der Waals surface area (Å²) in [6, 6.07) is 5.83. The van der Waals surface area contributed by atoms with Crippen molar-refractivity contribution in [1.29, 1.82) is 0 Å². The number of benzene rings is 1. The van der Waals surface area contributed by atoms with E-state index in [4.69, 9.17) is 4.74 Å². The minimum Gasteiger partial charge on any atom is -0.487 e. The van der Waals surface area contributed by atoms with Crippen LogP contribution in [0.25, 0.3) is 0 Å². The Bertz CT molecular complexity index is 425. The SMILES string of the molecule is CC(C)(C)c1ccc(OCC(F)F)c(C(C)(C)C)c1. The Labute approximate surface area is 115 Å². The normalized spacial score (nSPS) is 12.9. The summed E-state index contributed by atoms with van der Waals surface area (Å²) in [4.78, 5) is 0. The molecule has 0 aromatic heterocycles. The Morgan fingerprint density at radius 2 is 1.58 bits per heavy atom. The number of rotatable bonds is 3. The van der Waals surface area contributed by atoms with Gasteiger partial charge in [-0.1, -0.05) is 53.7 Å². The van der Waals surface area contributed by atoms with Crippen molar-refractivity contribution < 1.29 is 13.5 Å². The Morgan fingerprint density at radius 3 is 2.00 bits per heavy atom. The summed E-state index contributed by atoms with van der Waals surface area (Å²) < 4.78 is 29.8. The van der Waals surface area contributed by atoms with Gasteiger partial charge in [-0.2, -0.15) is 0 Å². The first-order valence-electron chi connectivity index (χ1n) is 6.58. The van der Waals surface area contributed by atoms with Crippen LogP contribution in [-0.2, 0) is 10.8 Å². The van der Waals surface area contributed by atoms with Crippen LogP contribution >= 0.6 is 0 Å². The van der Waals surface area contributed by atoms with Gasteiger partial charge in [-0.05, 0) is 28.0 Å². The lowest BCUT2D eigenvalue weighted by Gasteiger charge is -2.27. The van der Waals surface area contributed by atoms with Crippen molar-refractivity contribution in [3.05, 3.63) is 29.3 Å². The third-order valence-corrected chi connectivity index (χ3v) is 3.02. The average molecular weight is 270 g/mol. The molecule has 0 unspecified atom stereocenters. The fourth-order valence-electron chi connectivity index (χ4n) is 1.86. The maximum atomic E-state index is 12.3. The van der Waals surface area contributed by atoms with Gasteiger partial charge in [0.15, 0.2) is 0 Å². The van der Waals surface area contributed by atoms with Crippen LogP contribution in [0.1, 0.15) is 52.7 Å².